The Kier molecular flexibility index (Phi) is 16.5. The van der Waals surface area contributed by atoms with Gasteiger partial charge in [-0.25, -0.2) is 0 Å². The molecule has 1 aromatic carbocycles. The second kappa shape index (κ2) is 12.2. The van der Waals surface area contributed by atoms with Gasteiger partial charge in [0.2, 0.25) is 0 Å². The van der Waals surface area contributed by atoms with Gasteiger partial charge in [0.25, 0.3) is 0 Å². The van der Waals surface area contributed by atoms with E-state index in [2.05, 4.69) is 39.0 Å². The van der Waals surface area contributed by atoms with Crippen LogP contribution in [0.3, 0.4) is 0 Å². The van der Waals surface area contributed by atoms with E-state index in [0.717, 1.165) is 0 Å². The van der Waals surface area contributed by atoms with Crippen LogP contribution in [-0.2, 0) is 0 Å². The Morgan fingerprint density at radius 1 is 0.714 bits per heavy atom. The lowest BCUT2D eigenvalue weighted by Crippen LogP contribution is -1.79. The van der Waals surface area contributed by atoms with E-state index in [-0.39, 0.29) is 7.43 Å². The SMILES string of the molecule is C.CC.CC.Cc1ccc(C)c(C)c1. The fourth-order valence-electron chi connectivity index (χ4n) is 0.891. The minimum atomic E-state index is 0. The van der Waals surface area contributed by atoms with Crippen molar-refractivity contribution < 1.29 is 0 Å². The van der Waals surface area contributed by atoms with Crippen LogP contribution in [0.15, 0.2) is 18.2 Å². The molecular formula is C14H28. The molecule has 0 unspecified atom stereocenters. The van der Waals surface area contributed by atoms with Gasteiger partial charge < -0.3 is 0 Å². The third kappa shape index (κ3) is 7.85. The quantitative estimate of drug-likeness (QED) is 0.528. The maximum atomic E-state index is 2.20. The second-order valence-electron chi connectivity index (χ2n) is 2.59. The Hall–Kier alpha value is -0.780. The van der Waals surface area contributed by atoms with Crippen LogP contribution in [0.5, 0.6) is 0 Å². The number of hydrogen-bond donors (Lipinski definition) is 0. The molecule has 0 heterocycles. The molecule has 0 amide bonds. The van der Waals surface area contributed by atoms with Gasteiger partial charge in [-0.3, -0.25) is 0 Å². The maximum absolute atomic E-state index is 2.20. The smallest absolute Gasteiger partial charge is 0.0395 e. The monoisotopic (exact) mass is 196 g/mol. The summed E-state index contributed by atoms with van der Waals surface area (Å²) in [7, 11) is 0. The first kappa shape index (κ1) is 18.9. The first-order valence-electron chi connectivity index (χ1n) is 5.24. The first-order valence-corrected chi connectivity index (χ1v) is 5.24. The molecule has 1 aromatic rings. The lowest BCUT2D eigenvalue weighted by molar-refractivity contribution is 1.30. The molecule has 0 bridgehead atoms. The van der Waals surface area contributed by atoms with Crippen molar-refractivity contribution in [1.29, 1.82) is 0 Å². The summed E-state index contributed by atoms with van der Waals surface area (Å²) in [6, 6.07) is 6.50. The summed E-state index contributed by atoms with van der Waals surface area (Å²) in [5.74, 6) is 0. The summed E-state index contributed by atoms with van der Waals surface area (Å²) in [6.07, 6.45) is 0. The molecule has 1 rings (SSSR count). The van der Waals surface area contributed by atoms with E-state index in [9.17, 15) is 0 Å². The Labute approximate surface area is 91.4 Å². The predicted octanol–water partition coefficient (Wildman–Crippen LogP) is 5.30. The molecule has 0 spiro atoms. The van der Waals surface area contributed by atoms with Gasteiger partial charge in [-0.05, 0) is 31.9 Å². The van der Waals surface area contributed by atoms with Crippen molar-refractivity contribution in [1.82, 2.24) is 0 Å². The van der Waals surface area contributed by atoms with Crippen LogP contribution in [0.1, 0.15) is 51.8 Å². The molecule has 0 aliphatic carbocycles. The summed E-state index contributed by atoms with van der Waals surface area (Å²) in [6.45, 7) is 14.4. The molecule has 0 radical (unpaired) electrons. The standard InChI is InChI=1S/C9H12.2C2H6.CH4/c1-7-4-5-8(2)9(3)6-7;2*1-2;/h4-6H,1-3H3;2*1-2H3;1H4. The first-order chi connectivity index (χ1) is 6.20. The molecule has 14 heavy (non-hydrogen) atoms. The fraction of sp³-hybridized carbons (Fsp3) is 0.571. The van der Waals surface area contributed by atoms with Gasteiger partial charge in [-0.2, -0.15) is 0 Å². The van der Waals surface area contributed by atoms with Crippen LogP contribution in [0.2, 0.25) is 0 Å². The number of benzene rings is 1. The molecule has 0 N–H and O–H groups in total. The van der Waals surface area contributed by atoms with E-state index in [1.165, 1.54) is 16.7 Å². The minimum absolute atomic E-state index is 0. The van der Waals surface area contributed by atoms with E-state index in [1.54, 1.807) is 0 Å². The van der Waals surface area contributed by atoms with Gasteiger partial charge in [0.05, 0.1) is 0 Å². The Morgan fingerprint density at radius 2 is 1.14 bits per heavy atom. The van der Waals surface area contributed by atoms with Crippen LogP contribution in [0.4, 0.5) is 0 Å². The summed E-state index contributed by atoms with van der Waals surface area (Å²) in [5.41, 5.74) is 4.11. The molecule has 84 valence electrons. The van der Waals surface area contributed by atoms with Gasteiger partial charge in [0, 0.05) is 0 Å². The molecule has 0 fully saturated rings. The fourth-order valence-corrected chi connectivity index (χ4v) is 0.891. The molecule has 0 aliphatic heterocycles. The van der Waals surface area contributed by atoms with Crippen molar-refractivity contribution in [3.05, 3.63) is 34.9 Å². The van der Waals surface area contributed by atoms with E-state index < -0.39 is 0 Å². The van der Waals surface area contributed by atoms with E-state index in [1.807, 2.05) is 27.7 Å². The highest BCUT2D eigenvalue weighted by Gasteiger charge is 1.89. The van der Waals surface area contributed by atoms with Crippen LogP contribution in [0, 0.1) is 20.8 Å². The van der Waals surface area contributed by atoms with Crippen molar-refractivity contribution in [3.8, 4) is 0 Å². The van der Waals surface area contributed by atoms with Crippen molar-refractivity contribution in [3.63, 3.8) is 0 Å². The van der Waals surface area contributed by atoms with Crippen LogP contribution >= 0.6 is 0 Å². The van der Waals surface area contributed by atoms with E-state index in [0.29, 0.717) is 0 Å². The maximum Gasteiger partial charge on any atom is -0.0395 e. The highest BCUT2D eigenvalue weighted by molar-refractivity contribution is 5.28. The zero-order chi connectivity index (χ0) is 10.9. The third-order valence-electron chi connectivity index (χ3n) is 1.66. The highest BCUT2D eigenvalue weighted by Crippen LogP contribution is 2.07. The second-order valence-corrected chi connectivity index (χ2v) is 2.59. The van der Waals surface area contributed by atoms with Gasteiger partial charge in [-0.15, -0.1) is 0 Å². The van der Waals surface area contributed by atoms with Gasteiger partial charge in [0.1, 0.15) is 0 Å². The molecule has 0 saturated carbocycles. The van der Waals surface area contributed by atoms with Crippen LogP contribution < -0.4 is 0 Å². The van der Waals surface area contributed by atoms with Gasteiger partial charge in [-0.1, -0.05) is 58.9 Å². The minimum Gasteiger partial charge on any atom is -0.0776 e. The number of hydrogen-bond acceptors (Lipinski definition) is 0. The van der Waals surface area contributed by atoms with Crippen molar-refractivity contribution in [2.75, 3.05) is 0 Å². The summed E-state index contributed by atoms with van der Waals surface area (Å²) in [4.78, 5) is 0. The van der Waals surface area contributed by atoms with Gasteiger partial charge >= 0.3 is 0 Å². The molecule has 0 nitrogen and oxygen atoms in total. The lowest BCUT2D eigenvalue weighted by Gasteiger charge is -1.98. The molecule has 0 heteroatoms. The molecule has 0 aromatic heterocycles. The largest absolute Gasteiger partial charge is 0.0776 e. The number of rotatable bonds is 0. The van der Waals surface area contributed by atoms with Crippen molar-refractivity contribution >= 4 is 0 Å². The zero-order valence-electron chi connectivity index (χ0n) is 10.2. The highest BCUT2D eigenvalue weighted by atomic mass is 13.9. The predicted molar refractivity (Wildman–Crippen MR) is 70.1 cm³/mol. The molecular weight excluding hydrogens is 168 g/mol. The average Bonchev–Trinajstić information content (AvgIpc) is 2.18. The van der Waals surface area contributed by atoms with Crippen LogP contribution in [-0.4, -0.2) is 0 Å². The van der Waals surface area contributed by atoms with Crippen molar-refractivity contribution in [2.45, 2.75) is 55.9 Å². The molecule has 0 aliphatic rings. The normalized spacial score (nSPS) is 7.07. The summed E-state index contributed by atoms with van der Waals surface area (Å²) in [5, 5.41) is 0. The zero-order valence-corrected chi connectivity index (χ0v) is 10.2. The topological polar surface area (TPSA) is 0 Å². The summed E-state index contributed by atoms with van der Waals surface area (Å²) < 4.78 is 0. The average molecular weight is 196 g/mol. The number of aryl methyl sites for hydroxylation is 3. The van der Waals surface area contributed by atoms with Gasteiger partial charge in [0.15, 0.2) is 0 Å². The Bertz CT molecular complexity index is 211. The lowest BCUT2D eigenvalue weighted by atomic mass is 10.1. The Morgan fingerprint density at radius 3 is 1.43 bits per heavy atom. The van der Waals surface area contributed by atoms with Crippen molar-refractivity contribution in [2.24, 2.45) is 0 Å². The van der Waals surface area contributed by atoms with E-state index in [4.69, 9.17) is 0 Å². The Balaban J connectivity index is -0.000000216. The van der Waals surface area contributed by atoms with Crippen LogP contribution in [0.25, 0.3) is 0 Å². The summed E-state index contributed by atoms with van der Waals surface area (Å²) >= 11 is 0. The van der Waals surface area contributed by atoms with E-state index >= 15 is 0 Å². The third-order valence-corrected chi connectivity index (χ3v) is 1.66. The molecule has 0 atom stereocenters. The molecule has 0 saturated heterocycles.